The molecule has 4 rings (SSSR count). The summed E-state index contributed by atoms with van der Waals surface area (Å²) in [5, 5.41) is 0. The summed E-state index contributed by atoms with van der Waals surface area (Å²) in [5.74, 6) is 0. The number of morpholine rings is 1. The third kappa shape index (κ3) is 3.13. The van der Waals surface area contributed by atoms with Crippen molar-refractivity contribution < 1.29 is 4.74 Å². The third-order valence-electron chi connectivity index (χ3n) is 5.29. The SMILES string of the molecule is c1ccc(C[C@@H]2CO[C@@H]3CCCC[C@@H]3N2c2ccccc2)cc1. The minimum absolute atomic E-state index is 0.413. The highest BCUT2D eigenvalue weighted by Crippen LogP contribution is 2.35. The van der Waals surface area contributed by atoms with Gasteiger partial charge in [0.25, 0.3) is 0 Å². The number of fused-ring (bicyclic) bond motifs is 1. The molecule has 1 saturated carbocycles. The molecule has 0 unspecified atom stereocenters. The van der Waals surface area contributed by atoms with Crippen LogP contribution in [0.25, 0.3) is 0 Å². The maximum atomic E-state index is 6.28. The molecule has 0 bridgehead atoms. The van der Waals surface area contributed by atoms with Gasteiger partial charge in [-0.2, -0.15) is 0 Å². The lowest BCUT2D eigenvalue weighted by Crippen LogP contribution is -2.58. The first-order valence-corrected chi connectivity index (χ1v) is 8.91. The highest BCUT2D eigenvalue weighted by molar-refractivity contribution is 5.49. The molecule has 1 aliphatic carbocycles. The number of anilines is 1. The van der Waals surface area contributed by atoms with Crippen molar-refractivity contribution in [1.82, 2.24) is 0 Å². The first-order valence-electron chi connectivity index (χ1n) is 8.91. The van der Waals surface area contributed by atoms with Crippen molar-refractivity contribution in [2.75, 3.05) is 11.5 Å². The van der Waals surface area contributed by atoms with E-state index in [1.807, 2.05) is 0 Å². The van der Waals surface area contributed by atoms with Gasteiger partial charge in [-0.25, -0.2) is 0 Å². The molecule has 2 heteroatoms. The van der Waals surface area contributed by atoms with E-state index in [1.54, 1.807) is 0 Å². The van der Waals surface area contributed by atoms with E-state index in [4.69, 9.17) is 4.74 Å². The zero-order chi connectivity index (χ0) is 15.5. The lowest BCUT2D eigenvalue weighted by molar-refractivity contribution is -0.0276. The number of hydrogen-bond acceptors (Lipinski definition) is 2. The molecular weight excluding hydrogens is 282 g/mol. The Morgan fingerprint density at radius 2 is 1.57 bits per heavy atom. The molecule has 0 amide bonds. The maximum absolute atomic E-state index is 6.28. The van der Waals surface area contributed by atoms with E-state index < -0.39 is 0 Å². The Morgan fingerprint density at radius 1 is 0.870 bits per heavy atom. The summed E-state index contributed by atoms with van der Waals surface area (Å²) >= 11 is 0. The van der Waals surface area contributed by atoms with Crippen molar-refractivity contribution in [3.63, 3.8) is 0 Å². The van der Waals surface area contributed by atoms with E-state index in [9.17, 15) is 0 Å². The molecular formula is C21H25NO. The van der Waals surface area contributed by atoms with Crippen LogP contribution < -0.4 is 4.90 Å². The van der Waals surface area contributed by atoms with Crippen molar-refractivity contribution in [3.8, 4) is 0 Å². The fourth-order valence-corrected chi connectivity index (χ4v) is 4.22. The van der Waals surface area contributed by atoms with E-state index in [2.05, 4.69) is 65.6 Å². The Morgan fingerprint density at radius 3 is 2.35 bits per heavy atom. The Kier molecular flexibility index (Phi) is 4.34. The summed E-state index contributed by atoms with van der Waals surface area (Å²) in [6.45, 7) is 0.838. The number of para-hydroxylation sites is 1. The van der Waals surface area contributed by atoms with Crippen LogP contribution in [0.5, 0.6) is 0 Å². The smallest absolute Gasteiger partial charge is 0.0779 e. The second kappa shape index (κ2) is 6.76. The van der Waals surface area contributed by atoms with Gasteiger partial charge in [0.1, 0.15) is 0 Å². The largest absolute Gasteiger partial charge is 0.374 e. The molecule has 0 radical (unpaired) electrons. The Labute approximate surface area is 139 Å². The van der Waals surface area contributed by atoms with E-state index in [-0.39, 0.29) is 0 Å². The quantitative estimate of drug-likeness (QED) is 0.831. The van der Waals surface area contributed by atoms with Crippen molar-refractivity contribution in [2.45, 2.75) is 50.3 Å². The van der Waals surface area contributed by atoms with Crippen LogP contribution in [0, 0.1) is 0 Å². The van der Waals surface area contributed by atoms with Crippen molar-refractivity contribution in [2.24, 2.45) is 0 Å². The minimum atomic E-state index is 0.413. The number of rotatable bonds is 3. The summed E-state index contributed by atoms with van der Waals surface area (Å²) in [5.41, 5.74) is 2.75. The molecule has 1 heterocycles. The first kappa shape index (κ1) is 14.8. The van der Waals surface area contributed by atoms with Crippen LogP contribution in [0.2, 0.25) is 0 Å². The Hall–Kier alpha value is -1.80. The third-order valence-corrected chi connectivity index (χ3v) is 5.29. The van der Waals surface area contributed by atoms with Gasteiger partial charge in [0, 0.05) is 5.69 Å². The van der Waals surface area contributed by atoms with Gasteiger partial charge >= 0.3 is 0 Å². The average Bonchev–Trinajstić information content (AvgIpc) is 2.63. The van der Waals surface area contributed by atoms with Gasteiger partial charge in [-0.1, -0.05) is 61.4 Å². The van der Waals surface area contributed by atoms with Gasteiger partial charge in [0.2, 0.25) is 0 Å². The molecule has 1 aliphatic heterocycles. The van der Waals surface area contributed by atoms with E-state index in [0.717, 1.165) is 13.0 Å². The molecule has 0 aromatic heterocycles. The first-order chi connectivity index (χ1) is 11.4. The van der Waals surface area contributed by atoms with Crippen LogP contribution in [0.4, 0.5) is 5.69 Å². The Bertz CT molecular complexity index is 612. The van der Waals surface area contributed by atoms with Gasteiger partial charge in [-0.05, 0) is 37.0 Å². The van der Waals surface area contributed by atoms with Crippen LogP contribution in [-0.2, 0) is 11.2 Å². The van der Waals surface area contributed by atoms with Crippen molar-refractivity contribution in [1.29, 1.82) is 0 Å². The molecule has 2 aromatic rings. The second-order valence-electron chi connectivity index (χ2n) is 6.81. The van der Waals surface area contributed by atoms with Gasteiger partial charge in [-0.3, -0.25) is 0 Å². The fraction of sp³-hybridized carbons (Fsp3) is 0.429. The molecule has 2 fully saturated rings. The van der Waals surface area contributed by atoms with Gasteiger partial charge < -0.3 is 9.64 Å². The van der Waals surface area contributed by atoms with Crippen LogP contribution in [0.3, 0.4) is 0 Å². The minimum Gasteiger partial charge on any atom is -0.374 e. The van der Waals surface area contributed by atoms with E-state index in [0.29, 0.717) is 18.2 Å². The zero-order valence-electron chi connectivity index (χ0n) is 13.6. The topological polar surface area (TPSA) is 12.5 Å². The molecule has 2 aliphatic rings. The second-order valence-corrected chi connectivity index (χ2v) is 6.81. The molecule has 0 N–H and O–H groups in total. The van der Waals surface area contributed by atoms with Gasteiger partial charge in [0.05, 0.1) is 24.8 Å². The van der Waals surface area contributed by atoms with Crippen LogP contribution in [0.1, 0.15) is 31.2 Å². The van der Waals surface area contributed by atoms with Crippen molar-refractivity contribution >= 4 is 5.69 Å². The Balaban J connectivity index is 1.63. The zero-order valence-corrected chi connectivity index (χ0v) is 13.6. The van der Waals surface area contributed by atoms with E-state index >= 15 is 0 Å². The number of hydrogen-bond donors (Lipinski definition) is 0. The summed E-state index contributed by atoms with van der Waals surface area (Å²) in [6, 6.07) is 22.7. The molecule has 2 aromatic carbocycles. The number of benzene rings is 2. The van der Waals surface area contributed by atoms with Gasteiger partial charge in [-0.15, -0.1) is 0 Å². The summed E-state index contributed by atoms with van der Waals surface area (Å²) in [6.07, 6.45) is 6.57. The maximum Gasteiger partial charge on any atom is 0.0779 e. The summed E-state index contributed by atoms with van der Waals surface area (Å²) < 4.78 is 6.28. The highest BCUT2D eigenvalue weighted by atomic mass is 16.5. The van der Waals surface area contributed by atoms with Gasteiger partial charge in [0.15, 0.2) is 0 Å². The van der Waals surface area contributed by atoms with Crippen LogP contribution in [0.15, 0.2) is 60.7 Å². The molecule has 120 valence electrons. The lowest BCUT2D eigenvalue weighted by atomic mass is 9.87. The predicted octanol–water partition coefficient (Wildman–Crippen LogP) is 4.45. The number of nitrogens with zero attached hydrogens (tertiary/aromatic N) is 1. The summed E-state index contributed by atoms with van der Waals surface area (Å²) in [7, 11) is 0. The molecule has 0 spiro atoms. The standard InChI is InChI=1S/C21H25NO/c1-3-9-17(10-4-1)15-19-16-23-21-14-8-7-13-20(21)22(19)18-11-5-2-6-12-18/h1-6,9-12,19-21H,7-8,13-16H2/t19-,20+,21-/m1/s1. The molecule has 2 nitrogen and oxygen atoms in total. The predicted molar refractivity (Wildman–Crippen MR) is 94.9 cm³/mol. The highest BCUT2D eigenvalue weighted by Gasteiger charge is 2.39. The lowest BCUT2D eigenvalue weighted by Gasteiger charge is -2.49. The fourth-order valence-electron chi connectivity index (χ4n) is 4.22. The summed E-state index contributed by atoms with van der Waals surface area (Å²) in [4.78, 5) is 2.67. The average molecular weight is 307 g/mol. The molecule has 23 heavy (non-hydrogen) atoms. The monoisotopic (exact) mass is 307 g/mol. The van der Waals surface area contributed by atoms with Crippen LogP contribution >= 0.6 is 0 Å². The van der Waals surface area contributed by atoms with Crippen LogP contribution in [-0.4, -0.2) is 24.8 Å². The number of ether oxygens (including phenoxy) is 1. The normalized spacial score (nSPS) is 27.5. The van der Waals surface area contributed by atoms with Crippen molar-refractivity contribution in [3.05, 3.63) is 66.2 Å². The molecule has 3 atom stereocenters. The molecule has 1 saturated heterocycles. The van der Waals surface area contributed by atoms with E-state index in [1.165, 1.54) is 36.9 Å².